The van der Waals surface area contributed by atoms with Crippen LogP contribution in [0, 0.1) is 6.92 Å². The molecule has 0 N–H and O–H groups in total. The Kier molecular flexibility index (Phi) is 5.13. The number of rotatable bonds is 5. The molecule has 0 fully saturated rings. The van der Waals surface area contributed by atoms with Gasteiger partial charge >= 0.3 is 5.97 Å². The largest absolute Gasteiger partial charge is 0.490 e. The smallest absolute Gasteiger partial charge is 0.338 e. The first-order valence-corrected chi connectivity index (χ1v) is 10.8. The lowest BCUT2D eigenvalue weighted by Crippen LogP contribution is -2.21. The predicted molar refractivity (Wildman–Crippen MR) is 109 cm³/mol. The van der Waals surface area contributed by atoms with E-state index in [-0.39, 0.29) is 45.5 Å². The zero-order chi connectivity index (χ0) is 21.3. The van der Waals surface area contributed by atoms with Gasteiger partial charge in [0.1, 0.15) is 19.0 Å². The van der Waals surface area contributed by atoms with Gasteiger partial charge in [-0.25, -0.2) is 13.2 Å². The molecule has 0 atom stereocenters. The second-order valence-electron chi connectivity index (χ2n) is 6.84. The van der Waals surface area contributed by atoms with E-state index in [0.717, 1.165) is 5.56 Å². The number of carbonyl (C=O) groups is 2. The lowest BCUT2D eigenvalue weighted by atomic mass is 10.0. The van der Waals surface area contributed by atoms with Crippen LogP contribution in [0.25, 0.3) is 0 Å². The minimum atomic E-state index is -3.91. The molecule has 1 aliphatic heterocycles. The number of ketones is 1. The van der Waals surface area contributed by atoms with Crippen LogP contribution < -0.4 is 4.74 Å². The number of sulfone groups is 1. The van der Waals surface area contributed by atoms with Crippen LogP contribution in [-0.2, 0) is 14.6 Å². The van der Waals surface area contributed by atoms with Gasteiger partial charge in [-0.1, -0.05) is 29.8 Å². The van der Waals surface area contributed by atoms with Crippen LogP contribution in [0.1, 0.15) is 31.8 Å². The molecule has 0 aromatic heterocycles. The first kappa shape index (κ1) is 19.8. The Morgan fingerprint density at radius 3 is 2.33 bits per heavy atom. The van der Waals surface area contributed by atoms with E-state index in [2.05, 4.69) is 0 Å². The molecule has 0 saturated carbocycles. The molecule has 0 saturated heterocycles. The fourth-order valence-electron chi connectivity index (χ4n) is 3.22. The van der Waals surface area contributed by atoms with Crippen LogP contribution in [0.4, 0.5) is 0 Å². The van der Waals surface area contributed by atoms with E-state index in [1.807, 2.05) is 31.2 Å². The molecule has 1 aliphatic rings. The van der Waals surface area contributed by atoms with Crippen molar-refractivity contribution < 1.29 is 27.5 Å². The van der Waals surface area contributed by atoms with E-state index in [1.54, 1.807) is 12.1 Å². The molecule has 3 aromatic rings. The molecule has 152 valence electrons. The summed E-state index contributed by atoms with van der Waals surface area (Å²) in [7, 11) is -3.91. The average Bonchev–Trinajstić information content (AvgIpc) is 2.76. The van der Waals surface area contributed by atoms with Gasteiger partial charge < -0.3 is 9.47 Å². The Morgan fingerprint density at radius 1 is 0.867 bits per heavy atom. The second-order valence-corrected chi connectivity index (χ2v) is 8.72. The van der Waals surface area contributed by atoms with Gasteiger partial charge in [0.15, 0.2) is 5.78 Å². The Balaban J connectivity index is 1.48. The molecular formula is C23H18O6S. The molecule has 4 rings (SSSR count). The van der Waals surface area contributed by atoms with Gasteiger partial charge in [-0.05, 0) is 49.4 Å². The molecule has 0 spiro atoms. The maximum Gasteiger partial charge on any atom is 0.338 e. The van der Waals surface area contributed by atoms with Crippen molar-refractivity contribution in [3.63, 3.8) is 0 Å². The van der Waals surface area contributed by atoms with Crippen molar-refractivity contribution in [2.24, 2.45) is 0 Å². The quantitative estimate of drug-likeness (QED) is 0.361. The van der Waals surface area contributed by atoms with E-state index in [0.29, 0.717) is 5.75 Å². The van der Waals surface area contributed by atoms with Gasteiger partial charge in [0, 0.05) is 11.1 Å². The third kappa shape index (κ3) is 3.59. The third-order valence-electron chi connectivity index (χ3n) is 4.78. The van der Waals surface area contributed by atoms with Crippen molar-refractivity contribution >= 4 is 21.6 Å². The van der Waals surface area contributed by atoms with E-state index in [1.165, 1.54) is 30.3 Å². The van der Waals surface area contributed by atoms with Crippen molar-refractivity contribution in [2.75, 3.05) is 13.2 Å². The monoisotopic (exact) mass is 422 g/mol. The highest BCUT2D eigenvalue weighted by atomic mass is 32.2. The molecule has 0 bridgehead atoms. The van der Waals surface area contributed by atoms with Gasteiger partial charge in [0.25, 0.3) is 0 Å². The normalized spacial score (nSPS) is 13.8. The number of hydrogen-bond acceptors (Lipinski definition) is 6. The fourth-order valence-corrected chi connectivity index (χ4v) is 4.90. The van der Waals surface area contributed by atoms with Gasteiger partial charge in [-0.2, -0.15) is 0 Å². The van der Waals surface area contributed by atoms with Gasteiger partial charge in [-0.3, -0.25) is 4.79 Å². The Hall–Kier alpha value is -3.45. The summed E-state index contributed by atoms with van der Waals surface area (Å²) >= 11 is 0. The summed E-state index contributed by atoms with van der Waals surface area (Å²) < 4.78 is 36.6. The zero-order valence-electron chi connectivity index (χ0n) is 16.1. The molecule has 30 heavy (non-hydrogen) atoms. The first-order chi connectivity index (χ1) is 14.4. The summed E-state index contributed by atoms with van der Waals surface area (Å²) in [6.07, 6.45) is 0. The maximum absolute atomic E-state index is 12.9. The number of aryl methyl sites for hydroxylation is 1. The van der Waals surface area contributed by atoms with Gasteiger partial charge in [0.05, 0.1) is 15.4 Å². The first-order valence-electron chi connectivity index (χ1n) is 9.27. The van der Waals surface area contributed by atoms with E-state index < -0.39 is 15.8 Å². The summed E-state index contributed by atoms with van der Waals surface area (Å²) in [6, 6.07) is 17.4. The summed E-state index contributed by atoms with van der Waals surface area (Å²) in [5, 5.41) is 0. The van der Waals surface area contributed by atoms with Gasteiger partial charge in [-0.15, -0.1) is 0 Å². The lowest BCUT2D eigenvalue weighted by Gasteiger charge is -2.19. The van der Waals surface area contributed by atoms with Crippen LogP contribution >= 0.6 is 0 Å². The predicted octanol–water partition coefficient (Wildman–Crippen LogP) is 3.61. The molecule has 3 aromatic carbocycles. The van der Waals surface area contributed by atoms with Crippen LogP contribution in [0.15, 0.2) is 76.5 Å². The van der Waals surface area contributed by atoms with E-state index >= 15 is 0 Å². The molecule has 0 amide bonds. The number of hydrogen-bond donors (Lipinski definition) is 0. The topological polar surface area (TPSA) is 86.7 Å². The lowest BCUT2D eigenvalue weighted by molar-refractivity contribution is 0.0450. The number of ether oxygens (including phenoxy) is 2. The summed E-state index contributed by atoms with van der Waals surface area (Å²) in [6.45, 7) is 2.12. The van der Waals surface area contributed by atoms with Crippen LogP contribution in [-0.4, -0.2) is 33.4 Å². The standard InChI is InChI=1S/C23H18O6S/c1-15-6-9-17(10-7-15)28-12-13-29-23(25)16-8-11-19-21(14-16)30(26,27)20-5-3-2-4-18(20)22(19)24/h2-11,14H,12-13H2,1H3. The molecule has 1 heterocycles. The van der Waals surface area contributed by atoms with E-state index in [4.69, 9.17) is 9.47 Å². The molecular weight excluding hydrogens is 404 g/mol. The number of fused-ring (bicyclic) bond motifs is 2. The molecule has 6 nitrogen and oxygen atoms in total. The average molecular weight is 422 g/mol. The number of benzene rings is 3. The maximum atomic E-state index is 12.9. The van der Waals surface area contributed by atoms with Crippen molar-refractivity contribution in [1.29, 1.82) is 0 Å². The van der Waals surface area contributed by atoms with Crippen LogP contribution in [0.2, 0.25) is 0 Å². The minimum absolute atomic E-state index is 0.00168. The summed E-state index contributed by atoms with van der Waals surface area (Å²) in [4.78, 5) is 24.8. The molecule has 7 heteroatoms. The van der Waals surface area contributed by atoms with Crippen molar-refractivity contribution in [3.8, 4) is 5.75 Å². The highest BCUT2D eigenvalue weighted by Gasteiger charge is 2.35. The van der Waals surface area contributed by atoms with Crippen molar-refractivity contribution in [2.45, 2.75) is 16.7 Å². The molecule has 0 radical (unpaired) electrons. The van der Waals surface area contributed by atoms with Crippen molar-refractivity contribution in [3.05, 3.63) is 89.0 Å². The Morgan fingerprint density at radius 2 is 1.57 bits per heavy atom. The number of carbonyl (C=O) groups excluding carboxylic acids is 2. The Bertz CT molecular complexity index is 1240. The highest BCUT2D eigenvalue weighted by Crippen LogP contribution is 2.34. The van der Waals surface area contributed by atoms with Crippen molar-refractivity contribution in [1.82, 2.24) is 0 Å². The van der Waals surface area contributed by atoms with E-state index in [9.17, 15) is 18.0 Å². The Labute approximate surface area is 174 Å². The highest BCUT2D eigenvalue weighted by molar-refractivity contribution is 7.91. The second kappa shape index (κ2) is 7.76. The SMILES string of the molecule is Cc1ccc(OCCOC(=O)c2ccc3c(c2)S(=O)(=O)c2ccccc2C3=O)cc1. The van der Waals surface area contributed by atoms with Crippen LogP contribution in [0.3, 0.4) is 0 Å². The fraction of sp³-hybridized carbons (Fsp3) is 0.130. The third-order valence-corrected chi connectivity index (χ3v) is 6.63. The summed E-state index contributed by atoms with van der Waals surface area (Å²) in [5.74, 6) is -0.414. The van der Waals surface area contributed by atoms with Crippen LogP contribution in [0.5, 0.6) is 5.75 Å². The van der Waals surface area contributed by atoms with Gasteiger partial charge in [0.2, 0.25) is 9.84 Å². The molecule has 0 unspecified atom stereocenters. The number of esters is 1. The molecule has 0 aliphatic carbocycles. The summed E-state index contributed by atoms with van der Waals surface area (Å²) in [5.41, 5.74) is 1.35. The minimum Gasteiger partial charge on any atom is -0.490 e. The zero-order valence-corrected chi connectivity index (χ0v) is 16.9.